The van der Waals surface area contributed by atoms with Gasteiger partial charge in [0.1, 0.15) is 0 Å². The number of nitrogens with one attached hydrogen (secondary N) is 2. The van der Waals surface area contributed by atoms with Gasteiger partial charge in [0, 0.05) is 24.5 Å². The lowest BCUT2D eigenvalue weighted by Crippen LogP contribution is -2.42. The maximum absolute atomic E-state index is 12.0. The lowest BCUT2D eigenvalue weighted by atomic mass is 9.91. The number of hydrogen-bond acceptors (Lipinski definition) is 3. The molecule has 98 valence electrons. The van der Waals surface area contributed by atoms with Gasteiger partial charge in [-0.05, 0) is 44.4 Å². The summed E-state index contributed by atoms with van der Waals surface area (Å²) in [6, 6.07) is 4.53. The predicted molar refractivity (Wildman–Crippen MR) is 71.4 cm³/mol. The number of hydrogen-bond donors (Lipinski definition) is 2. The van der Waals surface area contributed by atoms with E-state index in [1.807, 2.05) is 0 Å². The van der Waals surface area contributed by atoms with Crippen molar-refractivity contribution in [2.45, 2.75) is 44.7 Å². The monoisotopic (exact) mass is 247 g/mol. The van der Waals surface area contributed by atoms with Gasteiger partial charge in [0.2, 0.25) is 0 Å². The van der Waals surface area contributed by atoms with Gasteiger partial charge in [-0.25, -0.2) is 0 Å². The van der Waals surface area contributed by atoms with Crippen LogP contribution in [0.2, 0.25) is 0 Å². The second-order valence-corrected chi connectivity index (χ2v) is 4.82. The SMILES string of the molecule is CCNC1CCC(NC(=O)c2cccnc2)CC1. The van der Waals surface area contributed by atoms with Crippen molar-refractivity contribution in [3.8, 4) is 0 Å². The summed E-state index contributed by atoms with van der Waals surface area (Å²) in [7, 11) is 0. The molecule has 0 atom stereocenters. The van der Waals surface area contributed by atoms with Crippen LogP contribution in [-0.4, -0.2) is 29.5 Å². The molecule has 1 aromatic rings. The third-order valence-corrected chi connectivity index (χ3v) is 3.48. The molecule has 2 rings (SSSR count). The smallest absolute Gasteiger partial charge is 0.253 e. The molecule has 0 saturated heterocycles. The van der Waals surface area contributed by atoms with Gasteiger partial charge in [0.15, 0.2) is 0 Å². The van der Waals surface area contributed by atoms with Crippen LogP contribution in [-0.2, 0) is 0 Å². The zero-order valence-electron chi connectivity index (χ0n) is 10.9. The maximum atomic E-state index is 12.0. The van der Waals surface area contributed by atoms with Gasteiger partial charge in [-0.15, -0.1) is 0 Å². The van der Waals surface area contributed by atoms with E-state index < -0.39 is 0 Å². The Balaban J connectivity index is 1.80. The van der Waals surface area contributed by atoms with Gasteiger partial charge in [0.05, 0.1) is 5.56 Å². The highest BCUT2D eigenvalue weighted by Gasteiger charge is 2.21. The van der Waals surface area contributed by atoms with Crippen LogP contribution in [0.5, 0.6) is 0 Å². The molecule has 1 aliphatic carbocycles. The van der Waals surface area contributed by atoms with Crippen LogP contribution in [0.15, 0.2) is 24.5 Å². The van der Waals surface area contributed by atoms with E-state index in [-0.39, 0.29) is 5.91 Å². The quantitative estimate of drug-likeness (QED) is 0.852. The fourth-order valence-electron chi connectivity index (χ4n) is 2.50. The highest BCUT2D eigenvalue weighted by molar-refractivity contribution is 5.93. The van der Waals surface area contributed by atoms with E-state index in [9.17, 15) is 4.79 Å². The minimum Gasteiger partial charge on any atom is -0.349 e. The van der Waals surface area contributed by atoms with Crippen molar-refractivity contribution in [3.05, 3.63) is 30.1 Å². The van der Waals surface area contributed by atoms with Gasteiger partial charge in [-0.3, -0.25) is 9.78 Å². The predicted octanol–water partition coefficient (Wildman–Crippen LogP) is 1.73. The molecule has 4 heteroatoms. The number of carbonyl (C=O) groups is 1. The molecule has 1 aliphatic rings. The highest BCUT2D eigenvalue weighted by Crippen LogP contribution is 2.18. The van der Waals surface area contributed by atoms with Crippen molar-refractivity contribution in [1.82, 2.24) is 15.6 Å². The van der Waals surface area contributed by atoms with E-state index in [1.54, 1.807) is 24.5 Å². The van der Waals surface area contributed by atoms with E-state index in [4.69, 9.17) is 0 Å². The van der Waals surface area contributed by atoms with Crippen LogP contribution in [0.3, 0.4) is 0 Å². The van der Waals surface area contributed by atoms with Crippen molar-refractivity contribution in [2.75, 3.05) is 6.54 Å². The fraction of sp³-hybridized carbons (Fsp3) is 0.571. The summed E-state index contributed by atoms with van der Waals surface area (Å²) >= 11 is 0. The Labute approximate surface area is 108 Å². The molecule has 2 N–H and O–H groups in total. The largest absolute Gasteiger partial charge is 0.349 e. The van der Waals surface area contributed by atoms with Crippen LogP contribution < -0.4 is 10.6 Å². The summed E-state index contributed by atoms with van der Waals surface area (Å²) < 4.78 is 0. The molecule has 4 nitrogen and oxygen atoms in total. The Hall–Kier alpha value is -1.42. The molecular weight excluding hydrogens is 226 g/mol. The number of aromatic nitrogens is 1. The van der Waals surface area contributed by atoms with E-state index in [2.05, 4.69) is 22.5 Å². The summed E-state index contributed by atoms with van der Waals surface area (Å²) in [4.78, 5) is 15.9. The van der Waals surface area contributed by atoms with Crippen LogP contribution >= 0.6 is 0 Å². The molecule has 18 heavy (non-hydrogen) atoms. The molecule has 0 spiro atoms. The Morgan fingerprint density at radius 2 is 2.06 bits per heavy atom. The molecule has 1 aromatic heterocycles. The van der Waals surface area contributed by atoms with Gasteiger partial charge in [-0.1, -0.05) is 6.92 Å². The van der Waals surface area contributed by atoms with Crippen LogP contribution in [0.4, 0.5) is 0 Å². The Bertz CT molecular complexity index is 372. The van der Waals surface area contributed by atoms with Crippen LogP contribution in [0, 0.1) is 0 Å². The molecule has 0 bridgehead atoms. The van der Waals surface area contributed by atoms with Gasteiger partial charge in [-0.2, -0.15) is 0 Å². The first-order valence-electron chi connectivity index (χ1n) is 6.74. The van der Waals surface area contributed by atoms with Crippen molar-refractivity contribution in [2.24, 2.45) is 0 Å². The average Bonchev–Trinajstić information content (AvgIpc) is 2.42. The average molecular weight is 247 g/mol. The summed E-state index contributed by atoms with van der Waals surface area (Å²) in [5, 5.41) is 6.56. The summed E-state index contributed by atoms with van der Waals surface area (Å²) in [6.45, 7) is 3.16. The topological polar surface area (TPSA) is 54.0 Å². The summed E-state index contributed by atoms with van der Waals surface area (Å²) in [6.07, 6.45) is 7.70. The van der Waals surface area contributed by atoms with Gasteiger partial charge in [0.25, 0.3) is 5.91 Å². The molecule has 1 amide bonds. The lowest BCUT2D eigenvalue weighted by Gasteiger charge is -2.29. The minimum absolute atomic E-state index is 0.00463. The van der Waals surface area contributed by atoms with E-state index in [0.717, 1.165) is 32.2 Å². The molecule has 0 aromatic carbocycles. The third-order valence-electron chi connectivity index (χ3n) is 3.48. The number of pyridine rings is 1. The Morgan fingerprint density at radius 1 is 1.33 bits per heavy atom. The lowest BCUT2D eigenvalue weighted by molar-refractivity contribution is 0.0924. The van der Waals surface area contributed by atoms with E-state index in [0.29, 0.717) is 17.6 Å². The summed E-state index contributed by atoms with van der Waals surface area (Å²) in [5.41, 5.74) is 0.645. The Morgan fingerprint density at radius 3 is 2.67 bits per heavy atom. The van der Waals surface area contributed by atoms with Gasteiger partial charge < -0.3 is 10.6 Å². The minimum atomic E-state index is -0.00463. The second kappa shape index (κ2) is 6.50. The van der Waals surface area contributed by atoms with E-state index in [1.165, 1.54) is 0 Å². The zero-order chi connectivity index (χ0) is 12.8. The molecule has 1 fully saturated rings. The Kier molecular flexibility index (Phi) is 4.70. The first-order valence-corrected chi connectivity index (χ1v) is 6.74. The highest BCUT2D eigenvalue weighted by atomic mass is 16.1. The summed E-state index contributed by atoms with van der Waals surface area (Å²) in [5.74, 6) is -0.00463. The fourth-order valence-corrected chi connectivity index (χ4v) is 2.50. The standard InChI is InChI=1S/C14H21N3O/c1-2-16-12-5-7-13(8-6-12)17-14(18)11-4-3-9-15-10-11/h3-4,9-10,12-13,16H,2,5-8H2,1H3,(H,17,18). The second-order valence-electron chi connectivity index (χ2n) is 4.82. The number of carbonyl (C=O) groups excluding carboxylic acids is 1. The van der Waals surface area contributed by atoms with Gasteiger partial charge >= 0.3 is 0 Å². The zero-order valence-corrected chi connectivity index (χ0v) is 10.9. The van der Waals surface area contributed by atoms with Crippen LogP contribution in [0.25, 0.3) is 0 Å². The first kappa shape index (κ1) is 13.0. The van der Waals surface area contributed by atoms with Crippen molar-refractivity contribution < 1.29 is 4.79 Å². The molecule has 0 radical (unpaired) electrons. The van der Waals surface area contributed by atoms with E-state index >= 15 is 0 Å². The normalized spacial score (nSPS) is 23.6. The maximum Gasteiger partial charge on any atom is 0.253 e. The number of rotatable bonds is 4. The molecular formula is C14H21N3O. The van der Waals surface area contributed by atoms with Crippen LogP contribution in [0.1, 0.15) is 43.0 Å². The molecule has 1 saturated carbocycles. The number of nitrogens with zero attached hydrogens (tertiary/aromatic N) is 1. The number of amides is 1. The molecule has 0 unspecified atom stereocenters. The third kappa shape index (κ3) is 3.53. The first-order chi connectivity index (χ1) is 8.79. The van der Waals surface area contributed by atoms with Crippen molar-refractivity contribution >= 4 is 5.91 Å². The molecule has 0 aliphatic heterocycles. The molecule has 1 heterocycles. The van der Waals surface area contributed by atoms with Crippen molar-refractivity contribution in [3.63, 3.8) is 0 Å². The van der Waals surface area contributed by atoms with Crippen molar-refractivity contribution in [1.29, 1.82) is 0 Å².